The van der Waals surface area contributed by atoms with Gasteiger partial charge in [-0.2, -0.15) is 5.26 Å². The summed E-state index contributed by atoms with van der Waals surface area (Å²) < 4.78 is 4.87. The number of ether oxygens (including phenoxy) is 1. The van der Waals surface area contributed by atoms with Gasteiger partial charge in [-0.1, -0.05) is 0 Å². The average Bonchev–Trinajstić information content (AvgIpc) is 2.26. The first-order valence-corrected chi connectivity index (χ1v) is 3.79. The number of carbonyl (C=O) groups is 2. The fourth-order valence-corrected chi connectivity index (χ4v) is 1.09. The van der Waals surface area contributed by atoms with Gasteiger partial charge in [-0.05, 0) is 12.1 Å². The molecule has 0 aliphatic heterocycles. The van der Waals surface area contributed by atoms with E-state index in [9.17, 15) is 9.59 Å². The van der Waals surface area contributed by atoms with Crippen LogP contribution in [0.1, 0.15) is 26.3 Å². The van der Waals surface area contributed by atoms with Crippen LogP contribution < -0.4 is 4.74 Å². The fraction of sp³-hybridized carbons (Fsp3) is 0.100. The van der Waals surface area contributed by atoms with E-state index in [-0.39, 0.29) is 16.7 Å². The molecule has 1 aromatic carbocycles. The summed E-state index contributed by atoms with van der Waals surface area (Å²) in [4.78, 5) is 21.2. The normalized spacial score (nSPS) is 8.86. The number of aldehydes is 2. The maximum atomic E-state index is 10.6. The predicted octanol–water partition coefficient (Wildman–Crippen LogP) is 1.19. The highest BCUT2D eigenvalue weighted by molar-refractivity contribution is 5.89. The van der Waals surface area contributed by atoms with Gasteiger partial charge in [-0.15, -0.1) is 0 Å². The van der Waals surface area contributed by atoms with E-state index in [2.05, 4.69) is 0 Å². The Balaban J connectivity index is 3.48. The first-order chi connectivity index (χ1) is 6.76. The Morgan fingerprint density at radius 2 is 1.79 bits per heavy atom. The Labute approximate surface area is 80.7 Å². The molecule has 0 saturated carbocycles. The second kappa shape index (κ2) is 4.19. The second-order valence-corrected chi connectivity index (χ2v) is 2.53. The van der Waals surface area contributed by atoms with Gasteiger partial charge in [0.1, 0.15) is 11.8 Å². The molecule has 0 aromatic heterocycles. The van der Waals surface area contributed by atoms with E-state index in [1.807, 2.05) is 0 Å². The first-order valence-electron chi connectivity index (χ1n) is 3.79. The van der Waals surface area contributed by atoms with Crippen LogP contribution in [0.4, 0.5) is 0 Å². The average molecular weight is 189 g/mol. The zero-order valence-corrected chi connectivity index (χ0v) is 7.48. The minimum atomic E-state index is 0.0794. The van der Waals surface area contributed by atoms with Crippen molar-refractivity contribution in [1.82, 2.24) is 0 Å². The van der Waals surface area contributed by atoms with Crippen molar-refractivity contribution >= 4 is 12.6 Å². The number of hydrogen-bond acceptors (Lipinski definition) is 4. The third-order valence-electron chi connectivity index (χ3n) is 1.77. The molecule has 4 nitrogen and oxygen atoms in total. The number of methoxy groups -OCH3 is 1. The maximum absolute atomic E-state index is 10.6. The number of carbonyl (C=O) groups excluding carboxylic acids is 2. The lowest BCUT2D eigenvalue weighted by molar-refractivity contribution is 0.112. The van der Waals surface area contributed by atoms with E-state index in [1.165, 1.54) is 19.2 Å². The minimum Gasteiger partial charge on any atom is -0.497 e. The van der Waals surface area contributed by atoms with E-state index < -0.39 is 0 Å². The number of hydrogen-bond donors (Lipinski definition) is 0. The molecule has 0 radical (unpaired) electrons. The lowest BCUT2D eigenvalue weighted by atomic mass is 10.0. The topological polar surface area (TPSA) is 67.2 Å². The Kier molecular flexibility index (Phi) is 2.97. The highest BCUT2D eigenvalue weighted by atomic mass is 16.5. The molecule has 4 heteroatoms. The van der Waals surface area contributed by atoms with E-state index >= 15 is 0 Å². The minimum absolute atomic E-state index is 0.0794. The molecule has 0 fully saturated rings. The molecule has 0 aliphatic carbocycles. The van der Waals surface area contributed by atoms with Crippen LogP contribution in [0.2, 0.25) is 0 Å². The molecule has 1 aromatic rings. The van der Waals surface area contributed by atoms with Crippen molar-refractivity contribution in [2.75, 3.05) is 7.11 Å². The van der Waals surface area contributed by atoms with Crippen molar-refractivity contribution in [3.8, 4) is 11.8 Å². The summed E-state index contributed by atoms with van der Waals surface area (Å²) >= 11 is 0. The standard InChI is InChI=1S/C10H7NO3/c1-14-9-2-7(5-12)10(4-11)8(3-9)6-13/h2-3,5-6H,1H3. The SMILES string of the molecule is COc1cc(C=O)c(C#N)c(C=O)c1. The molecule has 70 valence electrons. The summed E-state index contributed by atoms with van der Waals surface area (Å²) in [5.41, 5.74) is 0.402. The molecule has 0 heterocycles. The Bertz CT molecular complexity index is 389. The van der Waals surface area contributed by atoms with Gasteiger partial charge in [0, 0.05) is 11.1 Å². The smallest absolute Gasteiger partial charge is 0.151 e. The van der Waals surface area contributed by atoms with Gasteiger partial charge in [0.15, 0.2) is 12.6 Å². The van der Waals surface area contributed by atoms with Gasteiger partial charge in [0.2, 0.25) is 0 Å². The molecule has 1 rings (SSSR count). The van der Waals surface area contributed by atoms with Gasteiger partial charge >= 0.3 is 0 Å². The van der Waals surface area contributed by atoms with Crippen molar-refractivity contribution in [3.05, 3.63) is 28.8 Å². The van der Waals surface area contributed by atoms with Gasteiger partial charge in [0.05, 0.1) is 12.7 Å². The van der Waals surface area contributed by atoms with E-state index in [1.54, 1.807) is 6.07 Å². The second-order valence-electron chi connectivity index (χ2n) is 2.53. The van der Waals surface area contributed by atoms with E-state index in [0.717, 1.165) is 0 Å². The molecule has 14 heavy (non-hydrogen) atoms. The molecule has 0 amide bonds. The van der Waals surface area contributed by atoms with Crippen LogP contribution in [-0.2, 0) is 0 Å². The largest absolute Gasteiger partial charge is 0.497 e. The van der Waals surface area contributed by atoms with Crippen molar-refractivity contribution in [2.24, 2.45) is 0 Å². The van der Waals surface area contributed by atoms with Crippen LogP contribution in [-0.4, -0.2) is 19.7 Å². The van der Waals surface area contributed by atoms with Crippen molar-refractivity contribution in [3.63, 3.8) is 0 Å². The molecule has 0 bridgehead atoms. The summed E-state index contributed by atoms with van der Waals surface area (Å²) in [5.74, 6) is 0.383. The van der Waals surface area contributed by atoms with Gasteiger partial charge in [0.25, 0.3) is 0 Å². The van der Waals surface area contributed by atoms with E-state index in [0.29, 0.717) is 18.3 Å². The molecular formula is C10H7NO3. The Hall–Kier alpha value is -2.15. The molecule has 0 saturated heterocycles. The summed E-state index contributed by atoms with van der Waals surface area (Å²) in [7, 11) is 1.42. The number of nitriles is 1. The summed E-state index contributed by atoms with van der Waals surface area (Å²) in [6.45, 7) is 0. The summed E-state index contributed by atoms with van der Waals surface area (Å²) in [5, 5.41) is 8.72. The zero-order valence-electron chi connectivity index (χ0n) is 7.48. The number of rotatable bonds is 3. The third kappa shape index (κ3) is 1.62. The monoisotopic (exact) mass is 189 g/mol. The molecule has 0 spiro atoms. The van der Waals surface area contributed by atoms with Crippen molar-refractivity contribution in [2.45, 2.75) is 0 Å². The predicted molar refractivity (Wildman–Crippen MR) is 48.5 cm³/mol. The van der Waals surface area contributed by atoms with Crippen LogP contribution in [0.5, 0.6) is 5.75 Å². The molecule has 0 aliphatic rings. The number of nitrogens with zero attached hydrogens (tertiary/aromatic N) is 1. The van der Waals surface area contributed by atoms with Gasteiger partial charge < -0.3 is 4.74 Å². The van der Waals surface area contributed by atoms with E-state index in [4.69, 9.17) is 10.00 Å². The Morgan fingerprint density at radius 3 is 2.07 bits per heavy atom. The summed E-state index contributed by atoms with van der Waals surface area (Å²) in [6, 6.07) is 4.63. The summed E-state index contributed by atoms with van der Waals surface area (Å²) in [6.07, 6.45) is 1.04. The highest BCUT2D eigenvalue weighted by Crippen LogP contribution is 2.19. The van der Waals surface area contributed by atoms with Crippen LogP contribution in [0.15, 0.2) is 12.1 Å². The van der Waals surface area contributed by atoms with Crippen LogP contribution in [0.25, 0.3) is 0 Å². The maximum Gasteiger partial charge on any atom is 0.151 e. The van der Waals surface area contributed by atoms with Gasteiger partial charge in [-0.3, -0.25) is 9.59 Å². The lowest BCUT2D eigenvalue weighted by Crippen LogP contribution is -1.96. The third-order valence-corrected chi connectivity index (χ3v) is 1.77. The highest BCUT2D eigenvalue weighted by Gasteiger charge is 2.09. The zero-order chi connectivity index (χ0) is 10.6. The van der Waals surface area contributed by atoms with Crippen molar-refractivity contribution < 1.29 is 14.3 Å². The van der Waals surface area contributed by atoms with Crippen LogP contribution >= 0.6 is 0 Å². The van der Waals surface area contributed by atoms with Crippen LogP contribution in [0, 0.1) is 11.3 Å². The van der Waals surface area contributed by atoms with Crippen molar-refractivity contribution in [1.29, 1.82) is 5.26 Å². The fourth-order valence-electron chi connectivity index (χ4n) is 1.09. The molecular weight excluding hydrogens is 182 g/mol. The van der Waals surface area contributed by atoms with Crippen LogP contribution in [0.3, 0.4) is 0 Å². The lowest BCUT2D eigenvalue weighted by Gasteiger charge is -2.04. The first kappa shape index (κ1) is 9.93. The quantitative estimate of drug-likeness (QED) is 0.670. The number of benzene rings is 1. The molecule has 0 unspecified atom stereocenters. The molecule has 0 N–H and O–H groups in total. The van der Waals surface area contributed by atoms with Gasteiger partial charge in [-0.25, -0.2) is 0 Å². The Morgan fingerprint density at radius 1 is 1.29 bits per heavy atom. The molecule has 0 atom stereocenters.